The van der Waals surface area contributed by atoms with Gasteiger partial charge in [-0.3, -0.25) is 4.79 Å². The van der Waals surface area contributed by atoms with Crippen LogP contribution in [0.1, 0.15) is 58.8 Å². The zero-order valence-corrected chi connectivity index (χ0v) is 18.9. The number of likely N-dealkylation sites (tertiary alicyclic amines) is 1. The zero-order valence-electron chi connectivity index (χ0n) is 18.9. The lowest BCUT2D eigenvalue weighted by Gasteiger charge is -2.35. The summed E-state index contributed by atoms with van der Waals surface area (Å²) in [5, 5.41) is 0. The van der Waals surface area contributed by atoms with Crippen molar-refractivity contribution in [3.05, 3.63) is 58.7 Å². The quantitative estimate of drug-likeness (QED) is 0.748. The maximum Gasteiger partial charge on any atom is 0.258 e. The molecule has 2 atom stereocenters. The third kappa shape index (κ3) is 3.59. The molecular formula is C26H33N3O2. The predicted molar refractivity (Wildman–Crippen MR) is 124 cm³/mol. The van der Waals surface area contributed by atoms with Gasteiger partial charge in [-0.15, -0.1) is 0 Å². The molecule has 0 saturated carbocycles. The van der Waals surface area contributed by atoms with Crippen molar-refractivity contribution >= 4 is 11.6 Å². The number of aryl methyl sites for hydroxylation is 1. The Labute approximate surface area is 185 Å². The maximum absolute atomic E-state index is 13.7. The van der Waals surface area contributed by atoms with Crippen molar-refractivity contribution in [2.24, 2.45) is 0 Å². The number of carbonyl (C=O) groups is 1. The first-order chi connectivity index (χ1) is 15.1. The highest BCUT2D eigenvalue weighted by Crippen LogP contribution is 2.50. The minimum atomic E-state index is 0.105. The smallest absolute Gasteiger partial charge is 0.258 e. The van der Waals surface area contributed by atoms with Crippen LogP contribution in [0, 0.1) is 0 Å². The van der Waals surface area contributed by atoms with Crippen molar-refractivity contribution in [1.82, 2.24) is 9.80 Å². The third-order valence-corrected chi connectivity index (χ3v) is 7.50. The first-order valence-electron chi connectivity index (χ1n) is 11.6. The molecule has 2 fully saturated rings. The minimum Gasteiger partial charge on any atom is -0.496 e. The number of nitrogens with zero attached hydrogens (tertiary/aromatic N) is 3. The van der Waals surface area contributed by atoms with E-state index < -0.39 is 0 Å². The van der Waals surface area contributed by atoms with Crippen LogP contribution in [0.2, 0.25) is 0 Å². The Morgan fingerprint density at radius 2 is 1.84 bits per heavy atom. The van der Waals surface area contributed by atoms with Gasteiger partial charge in [0.15, 0.2) is 0 Å². The first kappa shape index (κ1) is 20.4. The molecule has 31 heavy (non-hydrogen) atoms. The molecule has 2 saturated heterocycles. The summed E-state index contributed by atoms with van der Waals surface area (Å²) in [6.45, 7) is 7.25. The van der Waals surface area contributed by atoms with E-state index in [0.29, 0.717) is 17.2 Å². The normalized spacial score (nSPS) is 23.1. The van der Waals surface area contributed by atoms with Crippen LogP contribution in [-0.2, 0) is 6.42 Å². The molecule has 2 aromatic rings. The van der Waals surface area contributed by atoms with Gasteiger partial charge in [0, 0.05) is 38.4 Å². The molecule has 5 rings (SSSR count). The molecule has 2 bridgehead atoms. The van der Waals surface area contributed by atoms with Crippen LogP contribution in [0.15, 0.2) is 36.4 Å². The van der Waals surface area contributed by atoms with Crippen LogP contribution in [0.3, 0.4) is 0 Å². The molecule has 164 valence electrons. The minimum absolute atomic E-state index is 0.105. The van der Waals surface area contributed by atoms with Crippen molar-refractivity contribution in [3.8, 4) is 5.75 Å². The van der Waals surface area contributed by atoms with Crippen molar-refractivity contribution in [2.75, 3.05) is 51.8 Å². The van der Waals surface area contributed by atoms with Gasteiger partial charge < -0.3 is 19.4 Å². The monoisotopic (exact) mass is 419 g/mol. The van der Waals surface area contributed by atoms with E-state index in [1.807, 2.05) is 12.1 Å². The Morgan fingerprint density at radius 1 is 1.03 bits per heavy atom. The number of amides is 1. The number of carbonyl (C=O) groups excluding carboxylic acids is 1. The molecule has 2 heterocycles. The molecule has 5 heteroatoms. The number of fused-ring (bicyclic) bond motifs is 5. The van der Waals surface area contributed by atoms with E-state index >= 15 is 0 Å². The number of methoxy groups -OCH3 is 1. The fraction of sp³-hybridized carbons (Fsp3) is 0.500. The second kappa shape index (κ2) is 8.19. The van der Waals surface area contributed by atoms with E-state index in [-0.39, 0.29) is 11.9 Å². The van der Waals surface area contributed by atoms with Crippen LogP contribution in [0.25, 0.3) is 0 Å². The van der Waals surface area contributed by atoms with Gasteiger partial charge in [-0.1, -0.05) is 19.1 Å². The van der Waals surface area contributed by atoms with Crippen molar-refractivity contribution in [2.45, 2.75) is 38.1 Å². The lowest BCUT2D eigenvalue weighted by molar-refractivity contribution is 0.0617. The Morgan fingerprint density at radius 3 is 2.58 bits per heavy atom. The zero-order chi connectivity index (χ0) is 21.5. The summed E-state index contributed by atoms with van der Waals surface area (Å²) >= 11 is 0. The van der Waals surface area contributed by atoms with Gasteiger partial charge >= 0.3 is 0 Å². The molecule has 3 aliphatic rings. The van der Waals surface area contributed by atoms with E-state index in [0.717, 1.165) is 52.0 Å². The topological polar surface area (TPSA) is 36.0 Å². The second-order valence-corrected chi connectivity index (χ2v) is 9.23. The number of rotatable bonds is 4. The number of ether oxygens (including phenoxy) is 1. The molecule has 0 radical (unpaired) electrons. The average Bonchev–Trinajstić information content (AvgIpc) is 3.10. The number of benzene rings is 2. The van der Waals surface area contributed by atoms with Crippen LogP contribution in [0.4, 0.5) is 5.69 Å². The molecule has 0 spiro atoms. The summed E-state index contributed by atoms with van der Waals surface area (Å²) in [5.74, 6) is 1.36. The Bertz CT molecular complexity index is 981. The first-order valence-corrected chi connectivity index (χ1v) is 11.6. The molecular weight excluding hydrogens is 386 g/mol. The van der Waals surface area contributed by atoms with Crippen molar-refractivity contribution < 1.29 is 9.53 Å². The van der Waals surface area contributed by atoms with Gasteiger partial charge in [0.05, 0.1) is 18.7 Å². The predicted octanol–water partition coefficient (Wildman–Crippen LogP) is 4.08. The summed E-state index contributed by atoms with van der Waals surface area (Å²) in [4.78, 5) is 20.7. The van der Waals surface area contributed by atoms with Crippen LogP contribution >= 0.6 is 0 Å². The van der Waals surface area contributed by atoms with Crippen molar-refractivity contribution in [1.29, 1.82) is 0 Å². The number of hydrogen-bond donors (Lipinski definition) is 0. The number of piperidine rings is 1. The summed E-state index contributed by atoms with van der Waals surface area (Å²) < 4.78 is 5.55. The van der Waals surface area contributed by atoms with E-state index in [1.54, 1.807) is 7.11 Å². The van der Waals surface area contributed by atoms with Crippen molar-refractivity contribution in [3.63, 3.8) is 0 Å². The van der Waals surface area contributed by atoms with Gasteiger partial charge in [0.1, 0.15) is 5.75 Å². The van der Waals surface area contributed by atoms with Gasteiger partial charge in [-0.25, -0.2) is 0 Å². The number of piperazine rings is 1. The number of likely N-dealkylation sites (N-methyl/N-ethyl adjacent to an activating group) is 1. The Balaban J connectivity index is 1.46. The fourth-order valence-electron chi connectivity index (χ4n) is 5.57. The summed E-state index contributed by atoms with van der Waals surface area (Å²) in [5.41, 5.74) is 5.98. The van der Waals surface area contributed by atoms with E-state index in [2.05, 4.69) is 52.9 Å². The van der Waals surface area contributed by atoms with Gasteiger partial charge in [-0.05, 0) is 73.2 Å². The molecule has 1 unspecified atom stereocenters. The lowest BCUT2D eigenvalue weighted by Crippen LogP contribution is -2.44. The van der Waals surface area contributed by atoms with Gasteiger partial charge in [-0.2, -0.15) is 0 Å². The average molecular weight is 420 g/mol. The number of hydrogen-bond acceptors (Lipinski definition) is 4. The lowest BCUT2D eigenvalue weighted by atomic mass is 9.95. The molecule has 0 aromatic heterocycles. The standard InChI is InChI=1S/C26H33N3O2/c1-4-18-5-8-25(31-3)23(15-18)26(30)29-10-9-19-16-24(29)22-17-20(6-7-21(19)22)28-13-11-27(2)12-14-28/h5-8,15,17,19,24H,4,9-14,16H2,1-3H3/t19?,24-/m1/s1. The highest BCUT2D eigenvalue weighted by atomic mass is 16.5. The summed E-state index contributed by atoms with van der Waals surface area (Å²) in [7, 11) is 3.84. The SMILES string of the molecule is CCc1ccc(OC)c(C(=O)N2CCC3C[C@@H]2c2cc(N4CCN(C)CC4)ccc23)c1. The second-order valence-electron chi connectivity index (χ2n) is 9.23. The molecule has 2 aromatic carbocycles. The van der Waals surface area contributed by atoms with E-state index in [4.69, 9.17) is 4.74 Å². The Kier molecular flexibility index (Phi) is 5.39. The Hall–Kier alpha value is -2.53. The van der Waals surface area contributed by atoms with Gasteiger partial charge in [0.2, 0.25) is 0 Å². The largest absolute Gasteiger partial charge is 0.496 e. The third-order valence-electron chi connectivity index (χ3n) is 7.50. The number of anilines is 1. The molecule has 0 N–H and O–H groups in total. The molecule has 1 amide bonds. The molecule has 5 nitrogen and oxygen atoms in total. The summed E-state index contributed by atoms with van der Waals surface area (Å²) in [6, 6.07) is 13.2. The highest BCUT2D eigenvalue weighted by Gasteiger charge is 2.41. The van der Waals surface area contributed by atoms with Crippen LogP contribution in [-0.4, -0.2) is 62.6 Å². The maximum atomic E-state index is 13.7. The van der Waals surface area contributed by atoms with Crippen LogP contribution < -0.4 is 9.64 Å². The van der Waals surface area contributed by atoms with Crippen LogP contribution in [0.5, 0.6) is 5.75 Å². The van der Waals surface area contributed by atoms with E-state index in [1.165, 1.54) is 22.4 Å². The summed E-state index contributed by atoms with van der Waals surface area (Å²) in [6.07, 6.45) is 2.99. The molecule has 2 aliphatic heterocycles. The highest BCUT2D eigenvalue weighted by molar-refractivity contribution is 5.97. The fourth-order valence-corrected chi connectivity index (χ4v) is 5.57. The molecule has 1 aliphatic carbocycles. The van der Waals surface area contributed by atoms with Gasteiger partial charge in [0.25, 0.3) is 5.91 Å². The van der Waals surface area contributed by atoms with E-state index in [9.17, 15) is 4.79 Å².